The molecule has 1 heterocycles. The molecule has 0 amide bonds. The van der Waals surface area contributed by atoms with Crippen molar-refractivity contribution in [3.05, 3.63) is 0 Å². The van der Waals surface area contributed by atoms with Crippen LogP contribution in [0.3, 0.4) is 0 Å². The van der Waals surface area contributed by atoms with Gasteiger partial charge in [-0.1, -0.05) is 26.2 Å². The number of ether oxygens (including phenoxy) is 4. The molecule has 2 fully saturated rings. The standard InChI is InChI=1S/C16H30O4/c1-2-16(13-19-14-16)12-18-9-8-17-10-11-20-15-6-4-3-5-7-15/h15H,2-14H2,1H3. The van der Waals surface area contributed by atoms with E-state index in [-0.39, 0.29) is 5.41 Å². The van der Waals surface area contributed by atoms with Crippen molar-refractivity contribution in [3.63, 3.8) is 0 Å². The Bertz CT molecular complexity index is 241. The Balaban J connectivity index is 1.36. The summed E-state index contributed by atoms with van der Waals surface area (Å²) in [7, 11) is 0. The van der Waals surface area contributed by atoms with Crippen molar-refractivity contribution in [2.75, 3.05) is 46.2 Å². The molecule has 0 N–H and O–H groups in total. The van der Waals surface area contributed by atoms with Gasteiger partial charge in [0.2, 0.25) is 0 Å². The van der Waals surface area contributed by atoms with E-state index in [1.807, 2.05) is 0 Å². The lowest BCUT2D eigenvalue weighted by Gasteiger charge is -2.40. The fraction of sp³-hybridized carbons (Fsp3) is 1.00. The zero-order valence-electron chi connectivity index (χ0n) is 12.9. The molecule has 4 nitrogen and oxygen atoms in total. The molecule has 2 aliphatic rings. The molecule has 0 radical (unpaired) electrons. The summed E-state index contributed by atoms with van der Waals surface area (Å²) in [6, 6.07) is 0. The van der Waals surface area contributed by atoms with Crippen LogP contribution in [0.1, 0.15) is 45.4 Å². The van der Waals surface area contributed by atoms with Crippen molar-refractivity contribution in [2.24, 2.45) is 5.41 Å². The van der Waals surface area contributed by atoms with Crippen LogP contribution in [0.4, 0.5) is 0 Å². The van der Waals surface area contributed by atoms with Crippen LogP contribution in [0.5, 0.6) is 0 Å². The van der Waals surface area contributed by atoms with Gasteiger partial charge in [0, 0.05) is 5.41 Å². The van der Waals surface area contributed by atoms with Gasteiger partial charge in [0.25, 0.3) is 0 Å². The topological polar surface area (TPSA) is 36.9 Å². The zero-order chi connectivity index (χ0) is 14.1. The molecule has 0 atom stereocenters. The Morgan fingerprint density at radius 2 is 1.65 bits per heavy atom. The van der Waals surface area contributed by atoms with E-state index in [0.29, 0.717) is 25.9 Å². The van der Waals surface area contributed by atoms with E-state index in [4.69, 9.17) is 18.9 Å². The van der Waals surface area contributed by atoms with Gasteiger partial charge in [0.15, 0.2) is 0 Å². The normalized spacial score (nSPS) is 22.6. The van der Waals surface area contributed by atoms with Gasteiger partial charge in [0.05, 0.1) is 52.4 Å². The second kappa shape index (κ2) is 8.98. The lowest BCUT2D eigenvalue weighted by molar-refractivity contribution is -0.153. The van der Waals surface area contributed by atoms with Crippen molar-refractivity contribution in [1.82, 2.24) is 0 Å². The van der Waals surface area contributed by atoms with E-state index in [1.54, 1.807) is 0 Å². The van der Waals surface area contributed by atoms with Gasteiger partial charge in [-0.05, 0) is 19.3 Å². The van der Waals surface area contributed by atoms with Gasteiger partial charge < -0.3 is 18.9 Å². The Labute approximate surface area is 123 Å². The van der Waals surface area contributed by atoms with Crippen LogP contribution in [0, 0.1) is 5.41 Å². The maximum atomic E-state index is 5.81. The molecule has 0 aromatic carbocycles. The highest BCUT2D eigenvalue weighted by molar-refractivity contribution is 4.83. The molecular weight excluding hydrogens is 256 g/mol. The molecule has 0 spiro atoms. The minimum absolute atomic E-state index is 0.282. The van der Waals surface area contributed by atoms with Crippen molar-refractivity contribution in [2.45, 2.75) is 51.6 Å². The quantitative estimate of drug-likeness (QED) is 0.579. The Hall–Kier alpha value is -0.160. The molecule has 0 aromatic rings. The monoisotopic (exact) mass is 286 g/mol. The Morgan fingerprint density at radius 3 is 2.30 bits per heavy atom. The Kier molecular flexibility index (Phi) is 7.28. The molecule has 1 saturated carbocycles. The summed E-state index contributed by atoms with van der Waals surface area (Å²) >= 11 is 0. The lowest BCUT2D eigenvalue weighted by atomic mass is 9.84. The van der Waals surface area contributed by atoms with Gasteiger partial charge in [-0.15, -0.1) is 0 Å². The van der Waals surface area contributed by atoms with E-state index in [0.717, 1.165) is 32.8 Å². The highest BCUT2D eigenvalue weighted by Gasteiger charge is 2.36. The summed E-state index contributed by atoms with van der Waals surface area (Å²) in [5.41, 5.74) is 0.282. The van der Waals surface area contributed by atoms with Crippen molar-refractivity contribution in [1.29, 1.82) is 0 Å². The summed E-state index contributed by atoms with van der Waals surface area (Å²) in [5, 5.41) is 0. The second-order valence-electron chi connectivity index (χ2n) is 6.14. The third-order valence-electron chi connectivity index (χ3n) is 4.48. The SMILES string of the molecule is CCC1(COCCOCCOC2CCCCC2)COC1. The second-order valence-corrected chi connectivity index (χ2v) is 6.14. The van der Waals surface area contributed by atoms with Gasteiger partial charge in [-0.3, -0.25) is 0 Å². The van der Waals surface area contributed by atoms with Crippen LogP contribution in [0.2, 0.25) is 0 Å². The van der Waals surface area contributed by atoms with Crippen molar-refractivity contribution >= 4 is 0 Å². The van der Waals surface area contributed by atoms with Crippen molar-refractivity contribution < 1.29 is 18.9 Å². The van der Waals surface area contributed by atoms with Crippen LogP contribution >= 0.6 is 0 Å². The molecule has 20 heavy (non-hydrogen) atoms. The molecule has 118 valence electrons. The van der Waals surface area contributed by atoms with Crippen LogP contribution in [-0.2, 0) is 18.9 Å². The number of hydrogen-bond acceptors (Lipinski definition) is 4. The van der Waals surface area contributed by atoms with Gasteiger partial charge >= 0.3 is 0 Å². The van der Waals surface area contributed by atoms with Crippen LogP contribution in [0.25, 0.3) is 0 Å². The first-order valence-corrected chi connectivity index (χ1v) is 8.19. The largest absolute Gasteiger partial charge is 0.380 e. The highest BCUT2D eigenvalue weighted by Crippen LogP contribution is 2.31. The molecule has 4 heteroatoms. The van der Waals surface area contributed by atoms with E-state index < -0.39 is 0 Å². The summed E-state index contributed by atoms with van der Waals surface area (Å²) in [6.45, 7) is 7.43. The van der Waals surface area contributed by atoms with E-state index in [2.05, 4.69) is 6.92 Å². The summed E-state index contributed by atoms with van der Waals surface area (Å²) in [4.78, 5) is 0. The molecule has 2 rings (SSSR count). The number of rotatable bonds is 10. The summed E-state index contributed by atoms with van der Waals surface area (Å²) < 4.78 is 22.3. The summed E-state index contributed by atoms with van der Waals surface area (Å²) in [6.07, 6.45) is 8.08. The maximum absolute atomic E-state index is 5.81. The molecule has 0 aromatic heterocycles. The average Bonchev–Trinajstić information content (AvgIpc) is 2.45. The van der Waals surface area contributed by atoms with E-state index >= 15 is 0 Å². The van der Waals surface area contributed by atoms with Gasteiger partial charge in [-0.2, -0.15) is 0 Å². The lowest BCUT2D eigenvalue weighted by Crippen LogP contribution is -2.45. The third kappa shape index (κ3) is 5.32. The first-order valence-electron chi connectivity index (χ1n) is 8.19. The fourth-order valence-electron chi connectivity index (χ4n) is 2.79. The van der Waals surface area contributed by atoms with Crippen molar-refractivity contribution in [3.8, 4) is 0 Å². The maximum Gasteiger partial charge on any atom is 0.0704 e. The molecule has 1 saturated heterocycles. The predicted octanol–water partition coefficient (Wildman–Crippen LogP) is 2.80. The molecule has 1 aliphatic heterocycles. The average molecular weight is 286 g/mol. The van der Waals surface area contributed by atoms with E-state index in [1.165, 1.54) is 32.1 Å². The summed E-state index contributed by atoms with van der Waals surface area (Å²) in [5.74, 6) is 0. The first kappa shape index (κ1) is 16.2. The predicted molar refractivity (Wildman–Crippen MR) is 78.0 cm³/mol. The molecular formula is C16H30O4. The molecule has 1 aliphatic carbocycles. The highest BCUT2D eigenvalue weighted by atomic mass is 16.5. The van der Waals surface area contributed by atoms with Gasteiger partial charge in [-0.25, -0.2) is 0 Å². The molecule has 0 bridgehead atoms. The minimum atomic E-state index is 0.282. The number of hydrogen-bond donors (Lipinski definition) is 0. The smallest absolute Gasteiger partial charge is 0.0704 e. The molecule has 0 unspecified atom stereocenters. The van der Waals surface area contributed by atoms with Gasteiger partial charge in [0.1, 0.15) is 0 Å². The zero-order valence-corrected chi connectivity index (χ0v) is 12.9. The first-order chi connectivity index (χ1) is 9.85. The fourth-order valence-corrected chi connectivity index (χ4v) is 2.79. The third-order valence-corrected chi connectivity index (χ3v) is 4.48. The van der Waals surface area contributed by atoms with E-state index in [9.17, 15) is 0 Å². The van der Waals surface area contributed by atoms with Crippen LogP contribution in [0.15, 0.2) is 0 Å². The Morgan fingerprint density at radius 1 is 0.950 bits per heavy atom. The van der Waals surface area contributed by atoms with Crippen LogP contribution in [-0.4, -0.2) is 52.4 Å². The minimum Gasteiger partial charge on any atom is -0.380 e. The van der Waals surface area contributed by atoms with Crippen LogP contribution < -0.4 is 0 Å².